The molecule has 120 valence electrons. The summed E-state index contributed by atoms with van der Waals surface area (Å²) in [5.74, 6) is 1.35. The first-order chi connectivity index (χ1) is 11.8. The molecule has 0 bridgehead atoms. The number of fused-ring (bicyclic) bond motifs is 4. The maximum Gasteiger partial charge on any atom is 0.249 e. The third-order valence-electron chi connectivity index (χ3n) is 4.57. The van der Waals surface area contributed by atoms with Gasteiger partial charge in [0.15, 0.2) is 11.6 Å². The lowest BCUT2D eigenvalue weighted by molar-refractivity contribution is -0.120. The van der Waals surface area contributed by atoms with Gasteiger partial charge in [-0.05, 0) is 12.1 Å². The number of aromatic amines is 1. The largest absolute Gasteiger partial charge is 0.377 e. The number of carbonyl (C=O) groups excluding carboxylic acids is 1. The number of amides is 1. The second kappa shape index (κ2) is 5.04. The Morgan fingerprint density at radius 3 is 3.21 bits per heavy atom. The lowest BCUT2D eigenvalue weighted by atomic mass is 10.1. The quantitative estimate of drug-likeness (QED) is 0.714. The number of ether oxygens (including phenoxy) is 1. The fourth-order valence-corrected chi connectivity index (χ4v) is 3.38. The second-order valence-corrected chi connectivity index (χ2v) is 5.95. The van der Waals surface area contributed by atoms with Crippen molar-refractivity contribution in [2.75, 3.05) is 30.0 Å². The summed E-state index contributed by atoms with van der Waals surface area (Å²) in [5, 5.41) is 3.96. The highest BCUT2D eigenvalue weighted by molar-refractivity contribution is 6.03. The third kappa shape index (κ3) is 1.91. The van der Waals surface area contributed by atoms with E-state index in [1.165, 1.54) is 0 Å². The van der Waals surface area contributed by atoms with Crippen molar-refractivity contribution in [3.8, 4) is 11.4 Å². The Labute approximate surface area is 137 Å². The van der Waals surface area contributed by atoms with E-state index in [-0.39, 0.29) is 11.9 Å². The predicted octanol–water partition coefficient (Wildman–Crippen LogP) is 1.78. The fourth-order valence-electron chi connectivity index (χ4n) is 3.38. The average molecular weight is 321 g/mol. The number of rotatable bonds is 1. The Morgan fingerprint density at radius 2 is 2.25 bits per heavy atom. The number of benzene rings is 1. The van der Waals surface area contributed by atoms with Crippen LogP contribution in [0, 0.1) is 0 Å². The summed E-state index contributed by atoms with van der Waals surface area (Å²) in [6, 6.07) is 7.71. The molecule has 0 radical (unpaired) electrons. The van der Waals surface area contributed by atoms with E-state index in [2.05, 4.69) is 15.3 Å². The van der Waals surface area contributed by atoms with Crippen LogP contribution in [0.5, 0.6) is 0 Å². The van der Waals surface area contributed by atoms with E-state index < -0.39 is 0 Å². The molecule has 1 aromatic carbocycles. The van der Waals surface area contributed by atoms with Crippen LogP contribution in [0.4, 0.5) is 11.5 Å². The molecule has 2 aromatic heterocycles. The van der Waals surface area contributed by atoms with E-state index in [0.29, 0.717) is 31.3 Å². The van der Waals surface area contributed by atoms with Crippen molar-refractivity contribution >= 4 is 28.3 Å². The van der Waals surface area contributed by atoms with E-state index in [1.807, 2.05) is 35.4 Å². The Morgan fingerprint density at radius 1 is 1.29 bits per heavy atom. The summed E-state index contributed by atoms with van der Waals surface area (Å²) in [4.78, 5) is 26.6. The zero-order valence-electron chi connectivity index (χ0n) is 12.8. The predicted molar refractivity (Wildman–Crippen MR) is 89.9 cm³/mol. The topological polar surface area (TPSA) is 83.1 Å². The average Bonchev–Trinajstić information content (AvgIpc) is 3.11. The standard InChI is InChI=1S/C17H15N5O2/c23-17-14-9-24-7-6-22(14)16-13(20-17)8-19-15(21-16)11-2-1-3-12-10(11)4-5-18-12/h1-5,8,14,18H,6-7,9H2,(H,20,23)/t14-/m1/s1. The highest BCUT2D eigenvalue weighted by atomic mass is 16.5. The van der Waals surface area contributed by atoms with Crippen molar-refractivity contribution in [2.24, 2.45) is 0 Å². The molecule has 2 N–H and O–H groups in total. The minimum absolute atomic E-state index is 0.0636. The molecule has 0 spiro atoms. The number of hydrogen-bond donors (Lipinski definition) is 2. The van der Waals surface area contributed by atoms with Crippen LogP contribution in [-0.4, -0.2) is 46.7 Å². The smallest absolute Gasteiger partial charge is 0.249 e. The number of carbonyl (C=O) groups is 1. The Hall–Kier alpha value is -2.93. The van der Waals surface area contributed by atoms with Gasteiger partial charge in [0.2, 0.25) is 5.91 Å². The monoisotopic (exact) mass is 321 g/mol. The first-order valence-electron chi connectivity index (χ1n) is 7.90. The number of morpholine rings is 1. The van der Waals surface area contributed by atoms with Gasteiger partial charge >= 0.3 is 0 Å². The van der Waals surface area contributed by atoms with Crippen LogP contribution in [0.15, 0.2) is 36.7 Å². The van der Waals surface area contributed by atoms with Crippen LogP contribution in [0.3, 0.4) is 0 Å². The summed E-state index contributed by atoms with van der Waals surface area (Å²) >= 11 is 0. The van der Waals surface area contributed by atoms with Gasteiger partial charge in [-0.25, -0.2) is 9.97 Å². The highest BCUT2D eigenvalue weighted by Crippen LogP contribution is 2.34. The maximum absolute atomic E-state index is 12.2. The summed E-state index contributed by atoms with van der Waals surface area (Å²) in [7, 11) is 0. The molecule has 4 heterocycles. The lowest BCUT2D eigenvalue weighted by Gasteiger charge is -2.39. The Kier molecular flexibility index (Phi) is 2.83. The Balaban J connectivity index is 1.66. The summed E-state index contributed by atoms with van der Waals surface area (Å²) in [6.45, 7) is 1.63. The molecule has 5 rings (SSSR count). The van der Waals surface area contributed by atoms with E-state index in [0.717, 1.165) is 22.3 Å². The molecular weight excluding hydrogens is 306 g/mol. The molecule has 1 fully saturated rings. The first kappa shape index (κ1) is 13.5. The van der Waals surface area contributed by atoms with Gasteiger partial charge < -0.3 is 19.9 Å². The summed E-state index contributed by atoms with van der Waals surface area (Å²) < 4.78 is 5.44. The van der Waals surface area contributed by atoms with Crippen molar-refractivity contribution < 1.29 is 9.53 Å². The first-order valence-corrected chi connectivity index (χ1v) is 7.90. The van der Waals surface area contributed by atoms with Gasteiger partial charge in [0.1, 0.15) is 11.7 Å². The molecule has 2 aliphatic rings. The van der Waals surface area contributed by atoms with Gasteiger partial charge in [0.25, 0.3) is 0 Å². The van der Waals surface area contributed by atoms with Crippen molar-refractivity contribution in [2.45, 2.75) is 6.04 Å². The Bertz CT molecular complexity index is 951. The van der Waals surface area contributed by atoms with Crippen LogP contribution >= 0.6 is 0 Å². The van der Waals surface area contributed by atoms with Gasteiger partial charge in [-0.15, -0.1) is 0 Å². The highest BCUT2D eigenvalue weighted by Gasteiger charge is 2.36. The minimum Gasteiger partial charge on any atom is -0.377 e. The third-order valence-corrected chi connectivity index (χ3v) is 4.57. The molecule has 1 atom stereocenters. The van der Waals surface area contributed by atoms with Crippen LogP contribution in [0.25, 0.3) is 22.3 Å². The summed E-state index contributed by atoms with van der Waals surface area (Å²) in [6.07, 6.45) is 3.59. The number of nitrogens with zero attached hydrogens (tertiary/aromatic N) is 3. The molecule has 3 aromatic rings. The van der Waals surface area contributed by atoms with Gasteiger partial charge in [-0.2, -0.15) is 0 Å². The number of H-pyrrole nitrogens is 1. The van der Waals surface area contributed by atoms with Gasteiger partial charge in [0, 0.05) is 29.2 Å². The molecule has 24 heavy (non-hydrogen) atoms. The van der Waals surface area contributed by atoms with E-state index >= 15 is 0 Å². The lowest BCUT2D eigenvalue weighted by Crippen LogP contribution is -2.55. The maximum atomic E-state index is 12.2. The van der Waals surface area contributed by atoms with Gasteiger partial charge in [-0.3, -0.25) is 4.79 Å². The van der Waals surface area contributed by atoms with Crippen molar-refractivity contribution in [3.63, 3.8) is 0 Å². The number of hydrogen-bond acceptors (Lipinski definition) is 5. The molecule has 7 heteroatoms. The number of anilines is 2. The molecular formula is C17H15N5O2. The zero-order chi connectivity index (χ0) is 16.1. The molecule has 1 saturated heterocycles. The zero-order valence-corrected chi connectivity index (χ0v) is 12.8. The van der Waals surface area contributed by atoms with Gasteiger partial charge in [-0.1, -0.05) is 12.1 Å². The molecule has 2 aliphatic heterocycles. The van der Waals surface area contributed by atoms with E-state index in [4.69, 9.17) is 9.72 Å². The van der Waals surface area contributed by atoms with E-state index in [9.17, 15) is 4.79 Å². The molecule has 0 saturated carbocycles. The van der Waals surface area contributed by atoms with Crippen molar-refractivity contribution in [1.82, 2.24) is 15.0 Å². The minimum atomic E-state index is -0.322. The SMILES string of the molecule is O=C1Nc2cnc(-c3cccc4[nH]ccc34)nc2N2CCOC[C@H]12. The number of aromatic nitrogens is 3. The number of nitrogens with one attached hydrogen (secondary N) is 2. The molecule has 1 amide bonds. The van der Waals surface area contributed by atoms with Crippen LogP contribution in [-0.2, 0) is 9.53 Å². The van der Waals surface area contributed by atoms with Crippen LogP contribution in [0.2, 0.25) is 0 Å². The second-order valence-electron chi connectivity index (χ2n) is 5.95. The van der Waals surface area contributed by atoms with Crippen LogP contribution in [0.1, 0.15) is 0 Å². The van der Waals surface area contributed by atoms with Crippen molar-refractivity contribution in [3.05, 3.63) is 36.7 Å². The molecule has 0 aliphatic carbocycles. The molecule has 7 nitrogen and oxygen atoms in total. The van der Waals surface area contributed by atoms with Gasteiger partial charge in [0.05, 0.1) is 19.4 Å². The van der Waals surface area contributed by atoms with E-state index in [1.54, 1.807) is 6.20 Å². The fraction of sp³-hybridized carbons (Fsp3) is 0.235. The van der Waals surface area contributed by atoms with Crippen LogP contribution < -0.4 is 10.2 Å². The normalized spacial score (nSPS) is 19.8. The van der Waals surface area contributed by atoms with Crippen molar-refractivity contribution in [1.29, 1.82) is 0 Å². The summed E-state index contributed by atoms with van der Waals surface area (Å²) in [5.41, 5.74) is 2.67. The molecule has 0 unspecified atom stereocenters.